The first kappa shape index (κ1) is 10.6. The third-order valence-corrected chi connectivity index (χ3v) is 3.51. The molecule has 0 atom stereocenters. The number of nitrogens with zero attached hydrogens (tertiary/aromatic N) is 4. The van der Waals surface area contributed by atoms with Gasteiger partial charge in [0.2, 0.25) is 0 Å². The maximum Gasteiger partial charge on any atom is 0.310 e. The molecular weight excluding hydrogens is 219 g/mol. The van der Waals surface area contributed by atoms with Crippen LogP contribution in [0.3, 0.4) is 0 Å². The molecule has 1 fully saturated rings. The number of imidazole rings is 1. The Hall–Kier alpha value is -1.52. The molecule has 0 radical (unpaired) electrons. The quantitative estimate of drug-likeness (QED) is 0.750. The van der Waals surface area contributed by atoms with Gasteiger partial charge in [0.15, 0.2) is 5.65 Å². The summed E-state index contributed by atoms with van der Waals surface area (Å²) >= 11 is 0. The molecule has 90 valence electrons. The van der Waals surface area contributed by atoms with E-state index in [0.717, 1.165) is 6.54 Å². The molecule has 4 nitrogen and oxygen atoms in total. The third kappa shape index (κ3) is 2.14. The molecule has 0 bridgehead atoms. The molecule has 2 aromatic rings. The van der Waals surface area contributed by atoms with Gasteiger partial charge in [-0.2, -0.15) is 9.37 Å². The summed E-state index contributed by atoms with van der Waals surface area (Å²) in [6.07, 6.45) is 8.98. The minimum Gasteiger partial charge on any atom is -0.315 e. The average molecular weight is 234 g/mol. The summed E-state index contributed by atoms with van der Waals surface area (Å²) in [6, 6.07) is 0. The molecule has 0 amide bonds. The van der Waals surface area contributed by atoms with Crippen molar-refractivity contribution >= 4 is 11.2 Å². The van der Waals surface area contributed by atoms with Gasteiger partial charge in [-0.3, -0.25) is 0 Å². The Bertz CT molecular complexity index is 516. The molecule has 2 aromatic heterocycles. The molecule has 2 heterocycles. The van der Waals surface area contributed by atoms with Crippen molar-refractivity contribution in [3.8, 4) is 0 Å². The van der Waals surface area contributed by atoms with Crippen LogP contribution in [0.15, 0.2) is 12.5 Å². The minimum absolute atomic E-state index is 0.614. The van der Waals surface area contributed by atoms with Gasteiger partial charge in [0.05, 0.1) is 12.5 Å². The molecule has 0 spiro atoms. The van der Waals surface area contributed by atoms with E-state index in [1.807, 2.05) is 4.57 Å². The van der Waals surface area contributed by atoms with Crippen molar-refractivity contribution in [2.24, 2.45) is 5.92 Å². The number of rotatable bonds is 2. The van der Waals surface area contributed by atoms with Crippen molar-refractivity contribution in [2.45, 2.75) is 38.6 Å². The smallest absolute Gasteiger partial charge is 0.310 e. The standard InChI is InChI=1S/C12H15FN4/c13-12-14-6-10-11(16-12)17(8-15-10)7-9-4-2-1-3-5-9/h6,8-9H,1-5,7H2. The Kier molecular flexibility index (Phi) is 2.74. The predicted molar refractivity (Wildman–Crippen MR) is 61.9 cm³/mol. The average Bonchev–Trinajstić information content (AvgIpc) is 2.73. The van der Waals surface area contributed by atoms with E-state index in [0.29, 0.717) is 17.1 Å². The van der Waals surface area contributed by atoms with E-state index >= 15 is 0 Å². The van der Waals surface area contributed by atoms with Gasteiger partial charge in [-0.05, 0) is 18.8 Å². The first-order valence-corrected chi connectivity index (χ1v) is 6.16. The maximum absolute atomic E-state index is 13.0. The Labute approximate surface area is 98.9 Å². The van der Waals surface area contributed by atoms with Gasteiger partial charge in [-0.25, -0.2) is 9.97 Å². The molecule has 0 N–H and O–H groups in total. The normalized spacial score (nSPS) is 17.7. The molecule has 0 saturated heterocycles. The lowest BCUT2D eigenvalue weighted by Gasteiger charge is -2.21. The van der Waals surface area contributed by atoms with Crippen LogP contribution in [0.25, 0.3) is 11.2 Å². The van der Waals surface area contributed by atoms with E-state index < -0.39 is 6.08 Å². The number of aromatic nitrogens is 4. The van der Waals surface area contributed by atoms with Crippen LogP contribution in [0, 0.1) is 12.0 Å². The van der Waals surface area contributed by atoms with Gasteiger partial charge >= 0.3 is 6.08 Å². The zero-order valence-electron chi connectivity index (χ0n) is 9.64. The first-order chi connectivity index (χ1) is 8.33. The van der Waals surface area contributed by atoms with E-state index in [1.54, 1.807) is 6.33 Å². The van der Waals surface area contributed by atoms with Gasteiger partial charge in [0.25, 0.3) is 0 Å². The predicted octanol–water partition coefficient (Wildman–Crippen LogP) is 2.55. The molecule has 1 aliphatic carbocycles. The monoisotopic (exact) mass is 234 g/mol. The first-order valence-electron chi connectivity index (χ1n) is 6.16. The van der Waals surface area contributed by atoms with Gasteiger partial charge in [-0.15, -0.1) is 0 Å². The summed E-state index contributed by atoms with van der Waals surface area (Å²) in [4.78, 5) is 11.5. The topological polar surface area (TPSA) is 43.6 Å². The summed E-state index contributed by atoms with van der Waals surface area (Å²) in [5.41, 5.74) is 1.28. The van der Waals surface area contributed by atoms with E-state index in [-0.39, 0.29) is 0 Å². The Morgan fingerprint density at radius 2 is 2.06 bits per heavy atom. The molecular formula is C12H15FN4. The van der Waals surface area contributed by atoms with Crippen molar-refractivity contribution in [1.29, 1.82) is 0 Å². The van der Waals surface area contributed by atoms with Gasteiger partial charge in [0, 0.05) is 6.54 Å². The van der Waals surface area contributed by atoms with E-state index in [2.05, 4.69) is 15.0 Å². The van der Waals surface area contributed by atoms with Crippen molar-refractivity contribution < 1.29 is 4.39 Å². The zero-order valence-corrected chi connectivity index (χ0v) is 9.64. The lowest BCUT2D eigenvalue weighted by molar-refractivity contribution is 0.321. The van der Waals surface area contributed by atoms with Crippen LogP contribution in [0.4, 0.5) is 4.39 Å². The number of halogens is 1. The fraction of sp³-hybridized carbons (Fsp3) is 0.583. The highest BCUT2D eigenvalue weighted by atomic mass is 19.1. The lowest BCUT2D eigenvalue weighted by atomic mass is 9.89. The van der Waals surface area contributed by atoms with Crippen LogP contribution in [0.1, 0.15) is 32.1 Å². The Balaban J connectivity index is 1.86. The van der Waals surface area contributed by atoms with Crippen LogP contribution in [-0.4, -0.2) is 19.5 Å². The molecule has 0 aromatic carbocycles. The molecule has 0 unspecified atom stereocenters. The highest BCUT2D eigenvalue weighted by molar-refractivity contribution is 5.68. The fourth-order valence-corrected chi connectivity index (χ4v) is 2.62. The lowest BCUT2D eigenvalue weighted by Crippen LogP contribution is -2.14. The van der Waals surface area contributed by atoms with E-state index in [9.17, 15) is 4.39 Å². The summed E-state index contributed by atoms with van der Waals surface area (Å²) < 4.78 is 15.0. The fourth-order valence-electron chi connectivity index (χ4n) is 2.62. The summed E-state index contributed by atoms with van der Waals surface area (Å²) in [5.74, 6) is 0.680. The largest absolute Gasteiger partial charge is 0.315 e. The van der Waals surface area contributed by atoms with Gasteiger partial charge in [-0.1, -0.05) is 19.3 Å². The summed E-state index contributed by atoms with van der Waals surface area (Å²) in [7, 11) is 0. The summed E-state index contributed by atoms with van der Waals surface area (Å²) in [6.45, 7) is 0.896. The van der Waals surface area contributed by atoms with Crippen molar-refractivity contribution in [3.63, 3.8) is 0 Å². The number of hydrogen-bond acceptors (Lipinski definition) is 3. The van der Waals surface area contributed by atoms with Crippen molar-refractivity contribution in [2.75, 3.05) is 0 Å². The molecule has 3 rings (SSSR count). The number of hydrogen-bond donors (Lipinski definition) is 0. The van der Waals surface area contributed by atoms with Gasteiger partial charge < -0.3 is 4.57 Å². The minimum atomic E-state index is -0.678. The zero-order chi connectivity index (χ0) is 11.7. The third-order valence-electron chi connectivity index (χ3n) is 3.51. The van der Waals surface area contributed by atoms with Crippen LogP contribution < -0.4 is 0 Å². The SMILES string of the molecule is Fc1ncc2ncn(CC3CCCCC3)c2n1. The van der Waals surface area contributed by atoms with E-state index in [1.165, 1.54) is 38.3 Å². The highest BCUT2D eigenvalue weighted by Crippen LogP contribution is 2.25. The Morgan fingerprint density at radius 1 is 1.24 bits per heavy atom. The van der Waals surface area contributed by atoms with E-state index in [4.69, 9.17) is 0 Å². The summed E-state index contributed by atoms with van der Waals surface area (Å²) in [5, 5.41) is 0. The van der Waals surface area contributed by atoms with Crippen LogP contribution in [0.5, 0.6) is 0 Å². The molecule has 0 aliphatic heterocycles. The molecule has 1 aliphatic rings. The highest BCUT2D eigenvalue weighted by Gasteiger charge is 2.15. The second-order valence-electron chi connectivity index (χ2n) is 4.75. The van der Waals surface area contributed by atoms with Gasteiger partial charge in [0.1, 0.15) is 5.52 Å². The van der Waals surface area contributed by atoms with Crippen LogP contribution in [0.2, 0.25) is 0 Å². The Morgan fingerprint density at radius 3 is 2.88 bits per heavy atom. The molecule has 1 saturated carbocycles. The maximum atomic E-state index is 13.0. The second-order valence-corrected chi connectivity index (χ2v) is 4.75. The molecule has 17 heavy (non-hydrogen) atoms. The second kappa shape index (κ2) is 4.39. The van der Waals surface area contributed by atoms with Crippen LogP contribution >= 0.6 is 0 Å². The van der Waals surface area contributed by atoms with Crippen LogP contribution in [-0.2, 0) is 6.54 Å². The molecule has 5 heteroatoms. The number of fused-ring (bicyclic) bond motifs is 1. The van der Waals surface area contributed by atoms with Crippen molar-refractivity contribution in [1.82, 2.24) is 19.5 Å². The van der Waals surface area contributed by atoms with Crippen molar-refractivity contribution in [3.05, 3.63) is 18.6 Å².